The molecule has 0 aliphatic rings. The highest BCUT2D eigenvalue weighted by Crippen LogP contribution is 2.30. The molecule has 1 atom stereocenters. The van der Waals surface area contributed by atoms with E-state index in [-0.39, 0.29) is 21.8 Å². The molecule has 0 aromatic heterocycles. The summed E-state index contributed by atoms with van der Waals surface area (Å²) in [5.74, 6) is -0.465. The highest BCUT2D eigenvalue weighted by Gasteiger charge is 2.17. The molecule has 0 fully saturated rings. The fourth-order valence-electron chi connectivity index (χ4n) is 2.09. The lowest BCUT2D eigenvalue weighted by atomic mass is 10.1. The maximum absolute atomic E-state index is 13.9. The van der Waals surface area contributed by atoms with Gasteiger partial charge in [0.15, 0.2) is 0 Å². The van der Waals surface area contributed by atoms with Crippen LogP contribution in [0.3, 0.4) is 0 Å². The lowest BCUT2D eigenvalue weighted by molar-refractivity contribution is -0.384. The highest BCUT2D eigenvalue weighted by molar-refractivity contribution is 6.31. The first kappa shape index (κ1) is 15.7. The highest BCUT2D eigenvalue weighted by atomic mass is 35.5. The summed E-state index contributed by atoms with van der Waals surface area (Å²) in [4.78, 5) is 10.1. The van der Waals surface area contributed by atoms with Crippen molar-refractivity contribution in [2.24, 2.45) is 0 Å². The second-order valence-electron chi connectivity index (χ2n) is 4.60. The minimum atomic E-state index is -0.582. The number of nitriles is 1. The molecule has 22 heavy (non-hydrogen) atoms. The maximum Gasteiger partial charge on any atom is 0.270 e. The Kier molecular flexibility index (Phi) is 4.59. The maximum atomic E-state index is 13.9. The van der Waals surface area contributed by atoms with E-state index in [0.29, 0.717) is 5.69 Å². The van der Waals surface area contributed by atoms with Crippen LogP contribution in [0.25, 0.3) is 0 Å². The van der Waals surface area contributed by atoms with Crippen LogP contribution < -0.4 is 5.32 Å². The molecule has 0 aliphatic heterocycles. The smallest absolute Gasteiger partial charge is 0.270 e. The minimum Gasteiger partial charge on any atom is -0.377 e. The van der Waals surface area contributed by atoms with Crippen LogP contribution >= 0.6 is 11.6 Å². The molecular weight excluding hydrogens is 309 g/mol. The monoisotopic (exact) mass is 319 g/mol. The molecule has 0 heterocycles. The van der Waals surface area contributed by atoms with Crippen molar-refractivity contribution in [3.8, 4) is 6.07 Å². The van der Waals surface area contributed by atoms with E-state index < -0.39 is 16.8 Å². The molecule has 0 spiro atoms. The first-order valence-corrected chi connectivity index (χ1v) is 6.71. The number of halogens is 2. The van der Waals surface area contributed by atoms with Crippen molar-refractivity contribution in [1.82, 2.24) is 0 Å². The molecule has 1 N–H and O–H groups in total. The van der Waals surface area contributed by atoms with Crippen LogP contribution in [-0.2, 0) is 0 Å². The van der Waals surface area contributed by atoms with E-state index in [1.54, 1.807) is 13.0 Å². The number of benzene rings is 2. The molecule has 0 bridgehead atoms. The summed E-state index contributed by atoms with van der Waals surface area (Å²) in [6.07, 6.45) is 0. The van der Waals surface area contributed by atoms with Gasteiger partial charge >= 0.3 is 0 Å². The lowest BCUT2D eigenvalue weighted by Crippen LogP contribution is -2.10. The van der Waals surface area contributed by atoms with Gasteiger partial charge < -0.3 is 5.32 Å². The first-order valence-electron chi connectivity index (χ1n) is 6.33. The number of rotatable bonds is 4. The summed E-state index contributed by atoms with van der Waals surface area (Å²) < 4.78 is 13.9. The number of nitro benzene ring substituents is 1. The van der Waals surface area contributed by atoms with Crippen molar-refractivity contribution in [2.75, 3.05) is 5.32 Å². The van der Waals surface area contributed by atoms with E-state index in [1.807, 2.05) is 6.07 Å². The quantitative estimate of drug-likeness (QED) is 0.667. The van der Waals surface area contributed by atoms with Crippen LogP contribution in [0.2, 0.25) is 5.02 Å². The Balaban J connectivity index is 2.35. The van der Waals surface area contributed by atoms with E-state index in [1.165, 1.54) is 24.3 Å². The average molecular weight is 320 g/mol. The van der Waals surface area contributed by atoms with Gasteiger partial charge in [-0.05, 0) is 25.1 Å². The van der Waals surface area contributed by atoms with Gasteiger partial charge in [0.25, 0.3) is 5.69 Å². The van der Waals surface area contributed by atoms with Gasteiger partial charge in [-0.2, -0.15) is 5.26 Å². The summed E-state index contributed by atoms with van der Waals surface area (Å²) in [7, 11) is 0. The van der Waals surface area contributed by atoms with Gasteiger partial charge in [-0.15, -0.1) is 0 Å². The zero-order valence-corrected chi connectivity index (χ0v) is 12.3. The zero-order valence-electron chi connectivity index (χ0n) is 11.5. The standard InChI is InChI=1S/C15H11ClFN3O2/c1-9(15-12(16)3-2-4-13(15)17)19-14-6-5-11(20(21)22)7-10(14)8-18/h2-7,9,19H,1H3. The molecule has 0 amide bonds. The van der Waals surface area contributed by atoms with E-state index >= 15 is 0 Å². The molecule has 112 valence electrons. The molecule has 5 nitrogen and oxygen atoms in total. The summed E-state index contributed by atoms with van der Waals surface area (Å²) >= 11 is 6.00. The Bertz CT molecular complexity index is 754. The zero-order chi connectivity index (χ0) is 16.3. The van der Waals surface area contributed by atoms with E-state index in [2.05, 4.69) is 5.32 Å². The second kappa shape index (κ2) is 6.41. The van der Waals surface area contributed by atoms with Crippen molar-refractivity contribution >= 4 is 23.0 Å². The number of anilines is 1. The van der Waals surface area contributed by atoms with E-state index in [9.17, 15) is 14.5 Å². The normalized spacial score (nSPS) is 11.5. The molecule has 1 unspecified atom stereocenters. The van der Waals surface area contributed by atoms with E-state index in [0.717, 1.165) is 6.07 Å². The Morgan fingerprint density at radius 1 is 1.41 bits per heavy atom. The van der Waals surface area contributed by atoms with Crippen molar-refractivity contribution in [2.45, 2.75) is 13.0 Å². The third-order valence-corrected chi connectivity index (χ3v) is 3.47. The molecule has 0 aliphatic carbocycles. The van der Waals surface area contributed by atoms with Crippen LogP contribution in [0, 0.1) is 27.3 Å². The van der Waals surface area contributed by atoms with Gasteiger partial charge in [-0.3, -0.25) is 10.1 Å². The summed E-state index contributed by atoms with van der Waals surface area (Å²) in [6, 6.07) is 9.59. The number of nitrogens with zero attached hydrogens (tertiary/aromatic N) is 2. The van der Waals surface area contributed by atoms with Crippen LogP contribution in [0.15, 0.2) is 36.4 Å². The van der Waals surface area contributed by atoms with Crippen molar-refractivity contribution in [3.05, 3.63) is 68.5 Å². The largest absolute Gasteiger partial charge is 0.377 e. The molecular formula is C15H11ClFN3O2. The molecule has 0 saturated heterocycles. The molecule has 2 rings (SSSR count). The lowest BCUT2D eigenvalue weighted by Gasteiger charge is -2.18. The molecule has 2 aromatic rings. The van der Waals surface area contributed by atoms with Crippen LogP contribution in [0.4, 0.5) is 15.8 Å². The molecule has 2 aromatic carbocycles. The second-order valence-corrected chi connectivity index (χ2v) is 5.01. The fraction of sp³-hybridized carbons (Fsp3) is 0.133. The molecule has 7 heteroatoms. The third kappa shape index (κ3) is 3.15. The third-order valence-electron chi connectivity index (χ3n) is 3.14. The van der Waals surface area contributed by atoms with Crippen LogP contribution in [-0.4, -0.2) is 4.92 Å². The Morgan fingerprint density at radius 2 is 2.14 bits per heavy atom. The van der Waals surface area contributed by atoms with Gasteiger partial charge in [-0.1, -0.05) is 17.7 Å². The van der Waals surface area contributed by atoms with Crippen molar-refractivity contribution < 1.29 is 9.31 Å². The number of non-ortho nitro benzene ring substituents is 1. The topological polar surface area (TPSA) is 79.0 Å². The summed E-state index contributed by atoms with van der Waals surface area (Å²) in [6.45, 7) is 1.69. The van der Waals surface area contributed by atoms with Crippen molar-refractivity contribution in [1.29, 1.82) is 5.26 Å². The Labute approximate surface area is 131 Å². The molecule has 0 radical (unpaired) electrons. The predicted molar refractivity (Wildman–Crippen MR) is 81.3 cm³/mol. The number of hydrogen-bond donors (Lipinski definition) is 1. The van der Waals surface area contributed by atoms with Gasteiger partial charge in [-0.25, -0.2) is 4.39 Å². The van der Waals surface area contributed by atoms with Crippen LogP contribution in [0.1, 0.15) is 24.1 Å². The summed E-state index contributed by atoms with van der Waals surface area (Å²) in [5.41, 5.74) is 0.568. The van der Waals surface area contributed by atoms with Crippen LogP contribution in [0.5, 0.6) is 0 Å². The Morgan fingerprint density at radius 3 is 2.73 bits per heavy atom. The van der Waals surface area contributed by atoms with Gasteiger partial charge in [0, 0.05) is 22.7 Å². The predicted octanol–water partition coefficient (Wildman–Crippen LogP) is 4.43. The number of hydrogen-bond acceptors (Lipinski definition) is 4. The van der Waals surface area contributed by atoms with Gasteiger partial charge in [0.1, 0.15) is 11.9 Å². The number of nitro groups is 1. The Hall–Kier alpha value is -2.65. The average Bonchev–Trinajstić information content (AvgIpc) is 2.47. The van der Waals surface area contributed by atoms with Gasteiger partial charge in [0.2, 0.25) is 0 Å². The SMILES string of the molecule is CC(Nc1ccc([N+](=O)[O-])cc1C#N)c1c(F)cccc1Cl. The van der Waals surface area contributed by atoms with E-state index in [4.69, 9.17) is 16.9 Å². The first-order chi connectivity index (χ1) is 10.4. The fourth-order valence-corrected chi connectivity index (χ4v) is 2.42. The van der Waals surface area contributed by atoms with Gasteiger partial charge in [0.05, 0.1) is 22.2 Å². The molecule has 0 saturated carbocycles. The summed E-state index contributed by atoms with van der Waals surface area (Å²) in [5, 5.41) is 23.0. The van der Waals surface area contributed by atoms with Crippen molar-refractivity contribution in [3.63, 3.8) is 0 Å². The number of nitrogens with one attached hydrogen (secondary N) is 1. The minimum absolute atomic E-state index is 0.105.